The molecule has 0 heterocycles. The van der Waals surface area contributed by atoms with Gasteiger partial charge in [0.1, 0.15) is 0 Å². The van der Waals surface area contributed by atoms with Crippen molar-refractivity contribution in [2.45, 2.75) is 65.0 Å². The number of nitrogens with two attached hydrogens (primary N) is 1. The largest absolute Gasteiger partial charge is 0.326 e. The molecule has 1 aliphatic carbocycles. The van der Waals surface area contributed by atoms with E-state index in [-0.39, 0.29) is 23.3 Å². The van der Waals surface area contributed by atoms with Crippen molar-refractivity contribution >= 4 is 10.0 Å². The van der Waals surface area contributed by atoms with Crippen LogP contribution >= 0.6 is 0 Å². The van der Waals surface area contributed by atoms with Crippen molar-refractivity contribution < 1.29 is 8.42 Å². The van der Waals surface area contributed by atoms with Crippen LogP contribution in [-0.4, -0.2) is 26.3 Å². The molecule has 17 heavy (non-hydrogen) atoms. The summed E-state index contributed by atoms with van der Waals surface area (Å²) in [5, 5.41) is 0. The maximum atomic E-state index is 12.1. The van der Waals surface area contributed by atoms with Crippen molar-refractivity contribution in [2.75, 3.05) is 5.75 Å². The van der Waals surface area contributed by atoms with Gasteiger partial charge >= 0.3 is 0 Å². The highest BCUT2D eigenvalue weighted by atomic mass is 32.2. The predicted molar refractivity (Wildman–Crippen MR) is 71.2 cm³/mol. The Labute approximate surface area is 105 Å². The third-order valence-corrected chi connectivity index (χ3v) is 5.51. The van der Waals surface area contributed by atoms with Gasteiger partial charge in [-0.25, -0.2) is 13.1 Å². The van der Waals surface area contributed by atoms with Gasteiger partial charge < -0.3 is 5.73 Å². The first kappa shape index (κ1) is 14.9. The number of sulfonamides is 1. The SMILES string of the molecule is CCC(C)(C)CS(=O)(=O)NC1CCCCC1N. The summed E-state index contributed by atoms with van der Waals surface area (Å²) in [6.45, 7) is 5.97. The number of rotatable bonds is 5. The smallest absolute Gasteiger partial charge is 0.212 e. The van der Waals surface area contributed by atoms with E-state index in [1.54, 1.807) is 0 Å². The second-order valence-electron chi connectivity index (χ2n) is 5.95. The van der Waals surface area contributed by atoms with E-state index >= 15 is 0 Å². The number of hydrogen-bond acceptors (Lipinski definition) is 3. The molecule has 1 aliphatic rings. The molecule has 0 saturated heterocycles. The predicted octanol–water partition coefficient (Wildman–Crippen LogP) is 1.61. The molecule has 0 aliphatic heterocycles. The Morgan fingerprint density at radius 1 is 1.29 bits per heavy atom. The van der Waals surface area contributed by atoms with Crippen molar-refractivity contribution in [3.05, 3.63) is 0 Å². The third-order valence-electron chi connectivity index (χ3n) is 3.69. The van der Waals surface area contributed by atoms with E-state index in [9.17, 15) is 8.42 Å². The van der Waals surface area contributed by atoms with E-state index in [4.69, 9.17) is 5.73 Å². The lowest BCUT2D eigenvalue weighted by Gasteiger charge is -2.31. The van der Waals surface area contributed by atoms with Gasteiger partial charge in [0.15, 0.2) is 0 Å². The van der Waals surface area contributed by atoms with Crippen LogP contribution in [0.2, 0.25) is 0 Å². The van der Waals surface area contributed by atoms with Crippen LogP contribution in [0, 0.1) is 5.41 Å². The van der Waals surface area contributed by atoms with Gasteiger partial charge in [-0.05, 0) is 24.7 Å². The molecule has 2 atom stereocenters. The van der Waals surface area contributed by atoms with E-state index in [2.05, 4.69) is 4.72 Å². The van der Waals surface area contributed by atoms with E-state index in [0.717, 1.165) is 32.1 Å². The van der Waals surface area contributed by atoms with Crippen LogP contribution in [0.15, 0.2) is 0 Å². The van der Waals surface area contributed by atoms with Crippen LogP contribution in [-0.2, 0) is 10.0 Å². The van der Waals surface area contributed by atoms with Crippen molar-refractivity contribution in [1.82, 2.24) is 4.72 Å². The lowest BCUT2D eigenvalue weighted by atomic mass is 9.92. The van der Waals surface area contributed by atoms with Gasteiger partial charge in [0.2, 0.25) is 10.0 Å². The fraction of sp³-hybridized carbons (Fsp3) is 1.00. The molecular formula is C12H26N2O2S. The highest BCUT2D eigenvalue weighted by Crippen LogP contribution is 2.23. The van der Waals surface area contributed by atoms with Crippen molar-refractivity contribution in [3.63, 3.8) is 0 Å². The Morgan fingerprint density at radius 3 is 2.41 bits per heavy atom. The summed E-state index contributed by atoms with van der Waals surface area (Å²) in [6, 6.07) is -0.0929. The minimum Gasteiger partial charge on any atom is -0.326 e. The second kappa shape index (κ2) is 5.67. The van der Waals surface area contributed by atoms with Gasteiger partial charge in [0.25, 0.3) is 0 Å². The zero-order valence-corrected chi connectivity index (χ0v) is 12.0. The maximum absolute atomic E-state index is 12.1. The van der Waals surface area contributed by atoms with Gasteiger partial charge in [-0.3, -0.25) is 0 Å². The summed E-state index contributed by atoms with van der Waals surface area (Å²) >= 11 is 0. The molecule has 0 aromatic heterocycles. The van der Waals surface area contributed by atoms with E-state index < -0.39 is 10.0 Å². The standard InChI is InChI=1S/C12H26N2O2S/c1-4-12(2,3)9-17(15,16)14-11-8-6-5-7-10(11)13/h10-11,14H,4-9,13H2,1-3H3. The Hall–Kier alpha value is -0.130. The summed E-state index contributed by atoms with van der Waals surface area (Å²) in [7, 11) is -3.21. The van der Waals surface area contributed by atoms with Gasteiger partial charge in [-0.1, -0.05) is 33.6 Å². The third kappa shape index (κ3) is 4.94. The molecule has 0 bridgehead atoms. The summed E-state index contributed by atoms with van der Waals surface area (Å²) in [6.07, 6.45) is 4.82. The molecule has 1 fully saturated rings. The van der Waals surface area contributed by atoms with Gasteiger partial charge in [-0.15, -0.1) is 0 Å². The Balaban J connectivity index is 2.60. The zero-order chi connectivity index (χ0) is 13.1. The summed E-state index contributed by atoms with van der Waals surface area (Å²) in [5.41, 5.74) is 5.78. The Kier molecular flexibility index (Phi) is 4.98. The highest BCUT2D eigenvalue weighted by molar-refractivity contribution is 7.89. The highest BCUT2D eigenvalue weighted by Gasteiger charge is 2.30. The fourth-order valence-corrected chi connectivity index (χ4v) is 4.26. The topological polar surface area (TPSA) is 72.2 Å². The first-order valence-corrected chi connectivity index (χ1v) is 8.16. The van der Waals surface area contributed by atoms with E-state index in [1.165, 1.54) is 0 Å². The lowest BCUT2D eigenvalue weighted by molar-refractivity contribution is 0.353. The fourth-order valence-electron chi connectivity index (χ4n) is 2.19. The van der Waals surface area contributed by atoms with Gasteiger partial charge in [-0.2, -0.15) is 0 Å². The van der Waals surface area contributed by atoms with Crippen LogP contribution in [0.25, 0.3) is 0 Å². The summed E-state index contributed by atoms with van der Waals surface area (Å²) < 4.78 is 26.9. The molecule has 1 saturated carbocycles. The van der Waals surface area contributed by atoms with Crippen molar-refractivity contribution in [2.24, 2.45) is 11.1 Å². The minimum atomic E-state index is -3.21. The number of nitrogens with one attached hydrogen (secondary N) is 1. The molecule has 3 N–H and O–H groups in total. The quantitative estimate of drug-likeness (QED) is 0.790. The van der Waals surface area contributed by atoms with Crippen LogP contribution in [0.4, 0.5) is 0 Å². The van der Waals surface area contributed by atoms with E-state index in [0.29, 0.717) is 0 Å². The van der Waals surface area contributed by atoms with E-state index in [1.807, 2.05) is 20.8 Å². The summed E-state index contributed by atoms with van der Waals surface area (Å²) in [5.74, 6) is 0.180. The average Bonchev–Trinajstić information content (AvgIpc) is 2.20. The van der Waals surface area contributed by atoms with Crippen LogP contribution in [0.1, 0.15) is 52.9 Å². The normalized spacial score (nSPS) is 27.1. The molecule has 2 unspecified atom stereocenters. The number of hydrogen-bond donors (Lipinski definition) is 2. The molecule has 0 radical (unpaired) electrons. The molecule has 0 aromatic rings. The second-order valence-corrected chi connectivity index (χ2v) is 7.70. The average molecular weight is 262 g/mol. The van der Waals surface area contributed by atoms with Gasteiger partial charge in [0.05, 0.1) is 5.75 Å². The molecule has 5 heteroatoms. The van der Waals surface area contributed by atoms with Crippen LogP contribution in [0.5, 0.6) is 0 Å². The Morgan fingerprint density at radius 2 is 1.88 bits per heavy atom. The maximum Gasteiger partial charge on any atom is 0.212 e. The molecule has 0 amide bonds. The molecule has 102 valence electrons. The van der Waals surface area contributed by atoms with Crippen molar-refractivity contribution in [3.8, 4) is 0 Å². The van der Waals surface area contributed by atoms with Crippen LogP contribution < -0.4 is 10.5 Å². The molecule has 1 rings (SSSR count). The molecule has 0 spiro atoms. The minimum absolute atomic E-state index is 0.0248. The lowest BCUT2D eigenvalue weighted by Crippen LogP contribution is -2.50. The molecule has 4 nitrogen and oxygen atoms in total. The summed E-state index contributed by atoms with van der Waals surface area (Å²) in [4.78, 5) is 0. The molecular weight excluding hydrogens is 236 g/mol. The van der Waals surface area contributed by atoms with Gasteiger partial charge in [0, 0.05) is 12.1 Å². The van der Waals surface area contributed by atoms with Crippen molar-refractivity contribution in [1.29, 1.82) is 0 Å². The first-order chi connectivity index (χ1) is 7.76. The molecule has 0 aromatic carbocycles. The first-order valence-electron chi connectivity index (χ1n) is 6.51. The zero-order valence-electron chi connectivity index (χ0n) is 11.2. The monoisotopic (exact) mass is 262 g/mol. The van der Waals surface area contributed by atoms with Crippen LogP contribution in [0.3, 0.4) is 0 Å². The Bertz CT molecular complexity index is 338.